The van der Waals surface area contributed by atoms with Gasteiger partial charge in [0, 0.05) is 56.8 Å². The van der Waals surface area contributed by atoms with E-state index in [4.69, 9.17) is 9.47 Å². The number of methoxy groups -OCH3 is 1. The molecule has 1 unspecified atom stereocenters. The van der Waals surface area contributed by atoms with Crippen molar-refractivity contribution >= 4 is 17.9 Å². The average Bonchev–Trinajstić information content (AvgIpc) is 3.69. The molecule has 1 aromatic carbocycles. The fourth-order valence-electron chi connectivity index (χ4n) is 5.95. The van der Waals surface area contributed by atoms with Gasteiger partial charge >= 0.3 is 6.09 Å². The molecule has 0 bridgehead atoms. The number of rotatable bonds is 8. The number of hydrogen-bond acceptors (Lipinski definition) is 7. The second kappa shape index (κ2) is 12.8. The minimum Gasteiger partial charge on any atom is -0.444 e. The number of carbonyl (C=O) groups excluding carboxylic acids is 3. The Bertz CT molecular complexity index is 1250. The lowest BCUT2D eigenvalue weighted by atomic mass is 10.0. The van der Waals surface area contributed by atoms with Gasteiger partial charge in [0.2, 0.25) is 5.91 Å². The number of benzene rings is 1. The highest BCUT2D eigenvalue weighted by Gasteiger charge is 2.40. The van der Waals surface area contributed by atoms with E-state index in [1.807, 2.05) is 54.8 Å². The maximum Gasteiger partial charge on any atom is 0.410 e. The number of likely N-dealkylation sites (tertiary alicyclic amines) is 2. The van der Waals surface area contributed by atoms with Crippen molar-refractivity contribution in [2.75, 3.05) is 33.4 Å². The smallest absolute Gasteiger partial charge is 0.410 e. The van der Waals surface area contributed by atoms with Gasteiger partial charge in [-0.2, -0.15) is 0 Å². The molecule has 42 heavy (non-hydrogen) atoms. The molecular weight excluding hydrogens is 534 g/mol. The summed E-state index contributed by atoms with van der Waals surface area (Å²) in [6, 6.07) is 8.19. The second-order valence-electron chi connectivity index (χ2n) is 12.6. The maximum absolute atomic E-state index is 13.6. The Balaban J connectivity index is 1.18. The van der Waals surface area contributed by atoms with Gasteiger partial charge in [-0.25, -0.2) is 14.8 Å². The molecule has 0 spiro atoms. The molecule has 3 heterocycles. The van der Waals surface area contributed by atoms with Gasteiger partial charge in [0.05, 0.1) is 24.6 Å². The molecule has 10 nitrogen and oxygen atoms in total. The lowest BCUT2D eigenvalue weighted by molar-refractivity contribution is -0.132. The Morgan fingerprint density at radius 1 is 0.929 bits per heavy atom. The number of nitrogens with zero attached hydrogens (tertiary/aromatic N) is 5. The summed E-state index contributed by atoms with van der Waals surface area (Å²) in [4.78, 5) is 53.6. The third kappa shape index (κ3) is 7.27. The molecule has 5 rings (SSSR count). The number of carbonyl (C=O) groups is 3. The van der Waals surface area contributed by atoms with Crippen LogP contribution in [-0.2, 0) is 20.7 Å². The highest BCUT2D eigenvalue weighted by Crippen LogP contribution is 2.33. The topological polar surface area (TPSA) is 105 Å². The van der Waals surface area contributed by atoms with Crippen LogP contribution in [0.3, 0.4) is 0 Å². The van der Waals surface area contributed by atoms with E-state index in [1.165, 1.54) is 0 Å². The summed E-state index contributed by atoms with van der Waals surface area (Å²) in [5, 5.41) is 0. The summed E-state index contributed by atoms with van der Waals surface area (Å²) in [6.45, 7) is 8.09. The van der Waals surface area contributed by atoms with Crippen LogP contribution in [0.25, 0.3) is 11.4 Å². The molecule has 1 atom stereocenters. The summed E-state index contributed by atoms with van der Waals surface area (Å²) in [5.41, 5.74) is 1.71. The largest absolute Gasteiger partial charge is 0.444 e. The van der Waals surface area contributed by atoms with Crippen LogP contribution in [0.1, 0.15) is 75.2 Å². The summed E-state index contributed by atoms with van der Waals surface area (Å²) in [6.07, 6.45) is 8.71. The van der Waals surface area contributed by atoms with Crippen molar-refractivity contribution in [1.29, 1.82) is 0 Å². The van der Waals surface area contributed by atoms with E-state index in [9.17, 15) is 14.4 Å². The lowest BCUT2D eigenvalue weighted by Gasteiger charge is -2.39. The van der Waals surface area contributed by atoms with Crippen LogP contribution in [0, 0.1) is 0 Å². The van der Waals surface area contributed by atoms with Crippen molar-refractivity contribution < 1.29 is 23.9 Å². The standard InChI is InChI=1S/C32H43N5O5/c1-32(2,3)42-31(40)35-16-13-26(14-17-35)37(25-11-12-25)30(39)24-19-33-29(34-20-24)23-9-7-22(8-10-23)18-28(38)36-15-5-6-27(36)21-41-4/h7-10,19-20,25-27H,5-6,11-18,21H2,1-4H3. The molecule has 10 heteroatoms. The quantitative estimate of drug-likeness (QED) is 0.460. The van der Waals surface area contributed by atoms with Crippen molar-refractivity contribution in [3.05, 3.63) is 47.8 Å². The second-order valence-corrected chi connectivity index (χ2v) is 12.6. The Morgan fingerprint density at radius 3 is 2.17 bits per heavy atom. The van der Waals surface area contributed by atoms with E-state index >= 15 is 0 Å². The number of ether oxygens (including phenoxy) is 2. The summed E-state index contributed by atoms with van der Waals surface area (Å²) >= 11 is 0. The minimum absolute atomic E-state index is 0.0534. The van der Waals surface area contributed by atoms with Crippen LogP contribution in [0.5, 0.6) is 0 Å². The molecule has 226 valence electrons. The number of amides is 3. The number of piperidine rings is 1. The Hall–Kier alpha value is -3.53. The first kappa shape index (κ1) is 29.9. The highest BCUT2D eigenvalue weighted by atomic mass is 16.6. The van der Waals surface area contributed by atoms with Gasteiger partial charge in [-0.05, 0) is 64.9 Å². The third-order valence-corrected chi connectivity index (χ3v) is 8.21. The Kier molecular flexibility index (Phi) is 9.11. The molecule has 3 amide bonds. The lowest BCUT2D eigenvalue weighted by Crippen LogP contribution is -2.50. The van der Waals surface area contributed by atoms with E-state index in [-0.39, 0.29) is 36.0 Å². The van der Waals surface area contributed by atoms with Crippen LogP contribution in [0.15, 0.2) is 36.7 Å². The van der Waals surface area contributed by atoms with Gasteiger partial charge in [-0.1, -0.05) is 24.3 Å². The van der Waals surface area contributed by atoms with Crippen LogP contribution >= 0.6 is 0 Å². The Morgan fingerprint density at radius 2 is 1.57 bits per heavy atom. The fourth-order valence-corrected chi connectivity index (χ4v) is 5.95. The van der Waals surface area contributed by atoms with Gasteiger partial charge in [0.25, 0.3) is 5.91 Å². The molecule has 1 aromatic heterocycles. The monoisotopic (exact) mass is 577 g/mol. The van der Waals surface area contributed by atoms with E-state index in [2.05, 4.69) is 9.97 Å². The molecule has 3 fully saturated rings. The molecule has 1 saturated carbocycles. The SMILES string of the molecule is COCC1CCCN1C(=O)Cc1ccc(-c2ncc(C(=O)N(C3CC3)C3CCN(C(=O)OC(C)(C)C)CC3)cn2)cc1. The first-order chi connectivity index (χ1) is 20.1. The molecule has 2 aliphatic heterocycles. The summed E-state index contributed by atoms with van der Waals surface area (Å²) < 4.78 is 10.8. The van der Waals surface area contributed by atoms with E-state index < -0.39 is 5.60 Å². The van der Waals surface area contributed by atoms with Crippen LogP contribution in [-0.4, -0.2) is 99.7 Å². The fraction of sp³-hybridized carbons (Fsp3) is 0.594. The third-order valence-electron chi connectivity index (χ3n) is 8.21. The summed E-state index contributed by atoms with van der Waals surface area (Å²) in [7, 11) is 1.67. The van der Waals surface area contributed by atoms with Crippen LogP contribution in [0.4, 0.5) is 4.79 Å². The molecule has 1 aliphatic carbocycles. The maximum atomic E-state index is 13.6. The van der Waals surface area contributed by atoms with Crippen molar-refractivity contribution in [2.45, 2.75) is 89.4 Å². The minimum atomic E-state index is -0.529. The normalized spacial score (nSPS) is 19.6. The molecule has 0 N–H and O–H groups in total. The van der Waals surface area contributed by atoms with Crippen molar-refractivity contribution in [3.8, 4) is 11.4 Å². The van der Waals surface area contributed by atoms with Crippen molar-refractivity contribution in [2.24, 2.45) is 0 Å². The number of aromatic nitrogens is 2. The summed E-state index contributed by atoms with van der Waals surface area (Å²) in [5.74, 6) is 0.604. The first-order valence-corrected chi connectivity index (χ1v) is 15.1. The molecule has 0 radical (unpaired) electrons. The zero-order valence-corrected chi connectivity index (χ0v) is 25.3. The predicted octanol–water partition coefficient (Wildman–Crippen LogP) is 4.33. The van der Waals surface area contributed by atoms with Crippen LogP contribution < -0.4 is 0 Å². The van der Waals surface area contributed by atoms with Crippen LogP contribution in [0.2, 0.25) is 0 Å². The van der Waals surface area contributed by atoms with Gasteiger partial charge in [0.1, 0.15) is 5.60 Å². The first-order valence-electron chi connectivity index (χ1n) is 15.1. The van der Waals surface area contributed by atoms with E-state index in [0.29, 0.717) is 37.5 Å². The molecule has 2 aromatic rings. The van der Waals surface area contributed by atoms with E-state index in [1.54, 1.807) is 24.4 Å². The average molecular weight is 578 g/mol. The Labute approximate surface area is 248 Å². The molecule has 3 aliphatic rings. The van der Waals surface area contributed by atoms with Gasteiger partial charge < -0.3 is 24.2 Å². The zero-order valence-electron chi connectivity index (χ0n) is 25.3. The predicted molar refractivity (Wildman–Crippen MR) is 158 cm³/mol. The van der Waals surface area contributed by atoms with E-state index in [0.717, 1.165) is 56.2 Å². The van der Waals surface area contributed by atoms with Gasteiger partial charge in [-0.3, -0.25) is 9.59 Å². The van der Waals surface area contributed by atoms with Gasteiger partial charge in [0.15, 0.2) is 5.82 Å². The van der Waals surface area contributed by atoms with Gasteiger partial charge in [-0.15, -0.1) is 0 Å². The highest BCUT2D eigenvalue weighted by molar-refractivity contribution is 5.94. The van der Waals surface area contributed by atoms with Crippen molar-refractivity contribution in [1.82, 2.24) is 24.7 Å². The molecular formula is C32H43N5O5. The van der Waals surface area contributed by atoms with Crippen molar-refractivity contribution in [3.63, 3.8) is 0 Å². The number of hydrogen-bond donors (Lipinski definition) is 0. The zero-order chi connectivity index (χ0) is 29.9. The molecule has 2 saturated heterocycles.